The maximum Gasteiger partial charge on any atom is 0.130 e. The van der Waals surface area contributed by atoms with Crippen LogP contribution >= 0.6 is 11.3 Å². The Balaban J connectivity index is 2.21. The van der Waals surface area contributed by atoms with Gasteiger partial charge in [0.2, 0.25) is 0 Å². The lowest BCUT2D eigenvalue weighted by molar-refractivity contribution is 1.14. The van der Waals surface area contributed by atoms with E-state index in [2.05, 4.69) is 31.3 Å². The number of rotatable bonds is 4. The zero-order chi connectivity index (χ0) is 12.4. The number of allylic oxidation sites excluding steroid dienone is 1. The van der Waals surface area contributed by atoms with Gasteiger partial charge in [0.25, 0.3) is 0 Å². The first kappa shape index (κ1) is 12.0. The summed E-state index contributed by atoms with van der Waals surface area (Å²) in [6, 6.07) is 2.18. The van der Waals surface area contributed by atoms with Gasteiger partial charge in [-0.2, -0.15) is 5.26 Å². The van der Waals surface area contributed by atoms with Gasteiger partial charge in [0.1, 0.15) is 10.9 Å². The van der Waals surface area contributed by atoms with Crippen molar-refractivity contribution < 1.29 is 0 Å². The van der Waals surface area contributed by atoms with Crippen LogP contribution in [0.15, 0.2) is 11.6 Å². The highest BCUT2D eigenvalue weighted by Gasteiger charge is 2.31. The molecular formula is C13H17N3S. The number of nitrogens with two attached hydrogens (primary N) is 1. The monoisotopic (exact) mass is 247 g/mol. The van der Waals surface area contributed by atoms with Gasteiger partial charge < -0.3 is 11.1 Å². The standard InChI is InChI=1S/C13H17N3S/c1-8(2)5-6-16-13-11(9-3-4-9)12(15)10(7-14)17-13/h5,9,16H,3-4,6,15H2,1-2H3. The predicted molar refractivity (Wildman–Crippen MR) is 73.3 cm³/mol. The molecule has 1 aromatic heterocycles. The van der Waals surface area contributed by atoms with Crippen molar-refractivity contribution in [1.82, 2.24) is 0 Å². The maximum absolute atomic E-state index is 9.01. The van der Waals surface area contributed by atoms with E-state index in [-0.39, 0.29) is 0 Å². The Morgan fingerprint density at radius 3 is 2.82 bits per heavy atom. The second kappa shape index (κ2) is 4.80. The van der Waals surface area contributed by atoms with Gasteiger partial charge in [-0.15, -0.1) is 11.3 Å². The zero-order valence-electron chi connectivity index (χ0n) is 10.2. The van der Waals surface area contributed by atoms with Gasteiger partial charge >= 0.3 is 0 Å². The van der Waals surface area contributed by atoms with Crippen LogP contribution in [0, 0.1) is 11.3 Å². The largest absolute Gasteiger partial charge is 0.397 e. The number of nitriles is 1. The quantitative estimate of drug-likeness (QED) is 0.801. The van der Waals surface area contributed by atoms with Crippen LogP contribution < -0.4 is 11.1 Å². The molecule has 90 valence electrons. The van der Waals surface area contributed by atoms with Crippen molar-refractivity contribution in [2.75, 3.05) is 17.6 Å². The molecule has 1 fully saturated rings. The van der Waals surface area contributed by atoms with E-state index in [4.69, 9.17) is 11.0 Å². The third-order valence-electron chi connectivity index (χ3n) is 2.84. The molecule has 0 unspecified atom stereocenters. The Hall–Kier alpha value is -1.47. The summed E-state index contributed by atoms with van der Waals surface area (Å²) in [5, 5.41) is 13.5. The summed E-state index contributed by atoms with van der Waals surface area (Å²) in [7, 11) is 0. The summed E-state index contributed by atoms with van der Waals surface area (Å²) in [5.74, 6) is 0.572. The van der Waals surface area contributed by atoms with Crippen molar-refractivity contribution in [2.24, 2.45) is 0 Å². The van der Waals surface area contributed by atoms with Gasteiger partial charge in [-0.1, -0.05) is 11.6 Å². The minimum atomic E-state index is 0.572. The van der Waals surface area contributed by atoms with Crippen molar-refractivity contribution >= 4 is 22.0 Å². The zero-order valence-corrected chi connectivity index (χ0v) is 11.0. The second-order valence-corrected chi connectivity index (χ2v) is 5.66. The minimum Gasteiger partial charge on any atom is -0.397 e. The van der Waals surface area contributed by atoms with Crippen molar-refractivity contribution in [3.8, 4) is 6.07 Å². The summed E-state index contributed by atoms with van der Waals surface area (Å²) in [6.45, 7) is 4.95. The third kappa shape index (κ3) is 2.62. The molecule has 0 saturated heterocycles. The van der Waals surface area contributed by atoms with Crippen LogP contribution in [0.25, 0.3) is 0 Å². The Morgan fingerprint density at radius 2 is 2.29 bits per heavy atom. The Kier molecular flexibility index (Phi) is 3.39. The molecule has 1 aromatic rings. The van der Waals surface area contributed by atoms with Crippen LogP contribution in [0.5, 0.6) is 0 Å². The first-order chi connectivity index (χ1) is 8.13. The Labute approximate surface area is 106 Å². The number of hydrogen-bond acceptors (Lipinski definition) is 4. The van der Waals surface area contributed by atoms with E-state index < -0.39 is 0 Å². The second-order valence-electron chi connectivity index (χ2n) is 4.64. The fourth-order valence-corrected chi connectivity index (χ4v) is 2.81. The van der Waals surface area contributed by atoms with Gasteiger partial charge in [-0.25, -0.2) is 0 Å². The van der Waals surface area contributed by atoms with E-state index in [1.54, 1.807) is 0 Å². The molecule has 0 radical (unpaired) electrons. The third-order valence-corrected chi connectivity index (χ3v) is 3.93. The van der Waals surface area contributed by atoms with Gasteiger partial charge in [-0.05, 0) is 32.6 Å². The molecule has 0 atom stereocenters. The molecule has 0 aliphatic heterocycles. The van der Waals surface area contributed by atoms with Crippen LogP contribution in [0.4, 0.5) is 10.7 Å². The molecule has 2 rings (SSSR count). The fraction of sp³-hybridized carbons (Fsp3) is 0.462. The number of nitrogens with zero attached hydrogens (tertiary/aromatic N) is 1. The molecular weight excluding hydrogens is 230 g/mol. The van der Waals surface area contributed by atoms with E-state index in [0.717, 1.165) is 11.5 Å². The molecule has 0 bridgehead atoms. The Morgan fingerprint density at radius 1 is 1.59 bits per heavy atom. The number of anilines is 2. The number of hydrogen-bond donors (Lipinski definition) is 2. The van der Waals surface area contributed by atoms with Crippen molar-refractivity contribution in [3.63, 3.8) is 0 Å². The molecule has 4 heteroatoms. The lowest BCUT2D eigenvalue weighted by Crippen LogP contribution is -2.00. The van der Waals surface area contributed by atoms with E-state index in [9.17, 15) is 0 Å². The molecule has 0 amide bonds. The molecule has 1 heterocycles. The SMILES string of the molecule is CC(C)=CCNc1sc(C#N)c(N)c1C1CC1. The molecule has 17 heavy (non-hydrogen) atoms. The predicted octanol–water partition coefficient (Wildman–Crippen LogP) is 3.46. The number of thiophene rings is 1. The van der Waals surface area contributed by atoms with E-state index >= 15 is 0 Å². The van der Waals surface area contributed by atoms with Crippen LogP contribution in [0.3, 0.4) is 0 Å². The average Bonchev–Trinajstić information content (AvgIpc) is 3.04. The van der Waals surface area contributed by atoms with Crippen LogP contribution in [0.1, 0.15) is 43.0 Å². The first-order valence-electron chi connectivity index (χ1n) is 5.83. The molecule has 0 aromatic carbocycles. The summed E-state index contributed by atoms with van der Waals surface area (Å²) in [4.78, 5) is 0.645. The average molecular weight is 247 g/mol. The Bertz CT molecular complexity index is 485. The summed E-state index contributed by atoms with van der Waals surface area (Å²) >= 11 is 1.48. The van der Waals surface area contributed by atoms with Crippen molar-refractivity contribution in [3.05, 3.63) is 22.1 Å². The molecule has 3 nitrogen and oxygen atoms in total. The fourth-order valence-electron chi connectivity index (χ4n) is 1.80. The first-order valence-corrected chi connectivity index (χ1v) is 6.64. The van der Waals surface area contributed by atoms with Gasteiger partial charge in [-0.3, -0.25) is 0 Å². The number of nitrogens with one attached hydrogen (secondary N) is 1. The molecule has 3 N–H and O–H groups in total. The van der Waals surface area contributed by atoms with Gasteiger partial charge in [0.05, 0.1) is 10.7 Å². The molecule has 0 spiro atoms. The van der Waals surface area contributed by atoms with Crippen molar-refractivity contribution in [2.45, 2.75) is 32.6 Å². The van der Waals surface area contributed by atoms with Crippen LogP contribution in [-0.4, -0.2) is 6.54 Å². The van der Waals surface area contributed by atoms with Crippen LogP contribution in [0.2, 0.25) is 0 Å². The summed E-state index contributed by atoms with van der Waals surface area (Å²) < 4.78 is 0. The highest BCUT2D eigenvalue weighted by Crippen LogP contribution is 2.50. The normalized spacial score (nSPS) is 14.2. The smallest absolute Gasteiger partial charge is 0.130 e. The number of nitrogen functional groups attached to an aromatic ring is 1. The van der Waals surface area contributed by atoms with Crippen molar-refractivity contribution in [1.29, 1.82) is 5.26 Å². The molecule has 1 aliphatic carbocycles. The van der Waals surface area contributed by atoms with E-state index in [1.807, 2.05) is 0 Å². The lowest BCUT2D eigenvalue weighted by atomic mass is 10.1. The summed E-state index contributed by atoms with van der Waals surface area (Å²) in [5.41, 5.74) is 9.18. The molecule has 1 saturated carbocycles. The highest BCUT2D eigenvalue weighted by molar-refractivity contribution is 7.17. The van der Waals surface area contributed by atoms with Gasteiger partial charge in [0, 0.05) is 12.1 Å². The van der Waals surface area contributed by atoms with Crippen LogP contribution in [-0.2, 0) is 0 Å². The lowest BCUT2D eigenvalue weighted by Gasteiger charge is -2.05. The highest BCUT2D eigenvalue weighted by atomic mass is 32.1. The minimum absolute atomic E-state index is 0.572. The van der Waals surface area contributed by atoms with Gasteiger partial charge in [0.15, 0.2) is 0 Å². The maximum atomic E-state index is 9.01. The molecule has 1 aliphatic rings. The van der Waals surface area contributed by atoms with E-state index in [0.29, 0.717) is 16.5 Å². The van der Waals surface area contributed by atoms with E-state index in [1.165, 1.54) is 35.3 Å². The topological polar surface area (TPSA) is 61.8 Å². The summed E-state index contributed by atoms with van der Waals surface area (Å²) in [6.07, 6.45) is 4.53.